The van der Waals surface area contributed by atoms with Gasteiger partial charge in [-0.2, -0.15) is 0 Å². The number of carbonyl (C=O) groups excluding carboxylic acids is 1. The summed E-state index contributed by atoms with van der Waals surface area (Å²) in [6.45, 7) is 3.23. The summed E-state index contributed by atoms with van der Waals surface area (Å²) in [5, 5.41) is 10.7. The van der Waals surface area contributed by atoms with Crippen LogP contribution in [0.4, 0.5) is 0 Å². The molecular formula is C14H18O3. The smallest absolute Gasteiger partial charge is 0.150 e. The van der Waals surface area contributed by atoms with Crippen LogP contribution in [0.5, 0.6) is 0 Å². The number of hydrogen-bond donors (Lipinski definition) is 1. The second-order valence-electron chi connectivity index (χ2n) is 4.78. The highest BCUT2D eigenvalue weighted by molar-refractivity contribution is 5.75. The number of benzene rings is 1. The van der Waals surface area contributed by atoms with Gasteiger partial charge in [-0.1, -0.05) is 18.2 Å². The SMILES string of the molecule is CC(O)(c1cccc(C=O)c1)C1CCOCC1. The highest BCUT2D eigenvalue weighted by atomic mass is 16.5. The van der Waals surface area contributed by atoms with E-state index in [0.29, 0.717) is 18.8 Å². The molecule has 0 spiro atoms. The number of ether oxygens (including phenoxy) is 1. The van der Waals surface area contributed by atoms with Gasteiger partial charge in [0, 0.05) is 18.8 Å². The summed E-state index contributed by atoms with van der Waals surface area (Å²) in [6.07, 6.45) is 2.53. The number of hydrogen-bond acceptors (Lipinski definition) is 3. The van der Waals surface area contributed by atoms with Gasteiger partial charge in [-0.3, -0.25) is 4.79 Å². The van der Waals surface area contributed by atoms with Crippen LogP contribution in [0.25, 0.3) is 0 Å². The molecule has 1 heterocycles. The van der Waals surface area contributed by atoms with E-state index in [1.165, 1.54) is 0 Å². The standard InChI is InChI=1S/C14H18O3/c1-14(16,12-5-7-17-8-6-12)13-4-2-3-11(9-13)10-15/h2-4,9-10,12,16H,5-8H2,1H3. The topological polar surface area (TPSA) is 46.5 Å². The zero-order chi connectivity index (χ0) is 12.3. The maximum atomic E-state index is 10.8. The van der Waals surface area contributed by atoms with Crippen LogP contribution in [0.1, 0.15) is 35.7 Å². The summed E-state index contributed by atoms with van der Waals surface area (Å²) < 4.78 is 5.31. The van der Waals surface area contributed by atoms with Crippen LogP contribution in [0, 0.1) is 5.92 Å². The molecule has 1 aliphatic heterocycles. The lowest BCUT2D eigenvalue weighted by Crippen LogP contribution is -2.35. The first-order valence-electron chi connectivity index (χ1n) is 6.00. The van der Waals surface area contributed by atoms with Gasteiger partial charge in [-0.05, 0) is 37.3 Å². The van der Waals surface area contributed by atoms with Crippen molar-refractivity contribution >= 4 is 6.29 Å². The zero-order valence-electron chi connectivity index (χ0n) is 10.1. The fourth-order valence-corrected chi connectivity index (χ4v) is 2.42. The summed E-state index contributed by atoms with van der Waals surface area (Å²) in [5.74, 6) is 0.193. The Morgan fingerprint density at radius 1 is 1.41 bits per heavy atom. The van der Waals surface area contributed by atoms with Crippen molar-refractivity contribution in [1.82, 2.24) is 0 Å². The number of aliphatic hydroxyl groups is 1. The molecule has 1 aromatic rings. The quantitative estimate of drug-likeness (QED) is 0.815. The van der Waals surface area contributed by atoms with E-state index < -0.39 is 5.60 Å². The molecule has 3 nitrogen and oxygen atoms in total. The molecule has 1 N–H and O–H groups in total. The lowest BCUT2D eigenvalue weighted by Gasteiger charge is -2.36. The van der Waals surface area contributed by atoms with E-state index in [2.05, 4.69) is 0 Å². The minimum atomic E-state index is -0.886. The maximum absolute atomic E-state index is 10.8. The summed E-state index contributed by atoms with van der Waals surface area (Å²) in [5.41, 5.74) is 0.534. The fraction of sp³-hybridized carbons (Fsp3) is 0.500. The lowest BCUT2D eigenvalue weighted by molar-refractivity contribution is -0.0579. The Labute approximate surface area is 101 Å². The molecule has 1 fully saturated rings. The first kappa shape index (κ1) is 12.3. The van der Waals surface area contributed by atoms with Crippen LogP contribution in [0.3, 0.4) is 0 Å². The molecule has 0 aliphatic carbocycles. The predicted molar refractivity (Wildman–Crippen MR) is 64.9 cm³/mol. The molecule has 0 bridgehead atoms. The van der Waals surface area contributed by atoms with Gasteiger partial charge in [0.2, 0.25) is 0 Å². The van der Waals surface area contributed by atoms with E-state index in [4.69, 9.17) is 4.74 Å². The average molecular weight is 234 g/mol. The Kier molecular flexibility index (Phi) is 3.60. The third-order valence-corrected chi connectivity index (χ3v) is 3.62. The van der Waals surface area contributed by atoms with Crippen molar-refractivity contribution in [2.24, 2.45) is 5.92 Å². The lowest BCUT2D eigenvalue weighted by atomic mass is 9.78. The van der Waals surface area contributed by atoms with E-state index in [0.717, 1.165) is 24.7 Å². The first-order chi connectivity index (χ1) is 8.14. The van der Waals surface area contributed by atoms with Gasteiger partial charge in [-0.25, -0.2) is 0 Å². The Morgan fingerprint density at radius 2 is 2.12 bits per heavy atom. The molecule has 1 aliphatic rings. The van der Waals surface area contributed by atoms with Crippen molar-refractivity contribution in [2.75, 3.05) is 13.2 Å². The number of aldehydes is 1. The molecule has 0 saturated carbocycles. The van der Waals surface area contributed by atoms with Crippen molar-refractivity contribution < 1.29 is 14.6 Å². The Hall–Kier alpha value is -1.19. The number of rotatable bonds is 3. The van der Waals surface area contributed by atoms with E-state index in [9.17, 15) is 9.90 Å². The van der Waals surface area contributed by atoms with Crippen LogP contribution in [0.2, 0.25) is 0 Å². The molecular weight excluding hydrogens is 216 g/mol. The predicted octanol–water partition coefficient (Wildman–Crippen LogP) is 2.13. The fourth-order valence-electron chi connectivity index (χ4n) is 2.42. The second kappa shape index (κ2) is 4.98. The molecule has 3 heteroatoms. The zero-order valence-corrected chi connectivity index (χ0v) is 10.1. The molecule has 0 radical (unpaired) electrons. The van der Waals surface area contributed by atoms with Crippen molar-refractivity contribution in [1.29, 1.82) is 0 Å². The highest BCUT2D eigenvalue weighted by Gasteiger charge is 2.34. The molecule has 1 saturated heterocycles. The first-order valence-corrected chi connectivity index (χ1v) is 6.00. The monoisotopic (exact) mass is 234 g/mol. The highest BCUT2D eigenvalue weighted by Crippen LogP contribution is 2.35. The van der Waals surface area contributed by atoms with Gasteiger partial charge in [0.05, 0.1) is 5.60 Å². The summed E-state index contributed by atoms with van der Waals surface area (Å²) >= 11 is 0. The second-order valence-corrected chi connectivity index (χ2v) is 4.78. The Balaban J connectivity index is 2.25. The summed E-state index contributed by atoms with van der Waals surface area (Å²) in [7, 11) is 0. The molecule has 1 atom stereocenters. The van der Waals surface area contributed by atoms with Crippen LogP contribution in [0.15, 0.2) is 24.3 Å². The molecule has 0 aromatic heterocycles. The van der Waals surface area contributed by atoms with Crippen molar-refractivity contribution in [3.05, 3.63) is 35.4 Å². The van der Waals surface area contributed by atoms with Gasteiger partial charge in [0.15, 0.2) is 0 Å². The maximum Gasteiger partial charge on any atom is 0.150 e. The van der Waals surface area contributed by atoms with Crippen molar-refractivity contribution in [2.45, 2.75) is 25.4 Å². The van der Waals surface area contributed by atoms with Crippen molar-refractivity contribution in [3.63, 3.8) is 0 Å². The Morgan fingerprint density at radius 3 is 2.76 bits per heavy atom. The van der Waals surface area contributed by atoms with E-state index in [-0.39, 0.29) is 5.92 Å². The van der Waals surface area contributed by atoms with Crippen molar-refractivity contribution in [3.8, 4) is 0 Å². The molecule has 1 unspecified atom stereocenters. The molecule has 0 amide bonds. The van der Waals surface area contributed by atoms with Gasteiger partial charge in [0.1, 0.15) is 6.29 Å². The van der Waals surface area contributed by atoms with Crippen LogP contribution >= 0.6 is 0 Å². The van der Waals surface area contributed by atoms with Crippen LogP contribution in [-0.2, 0) is 10.3 Å². The largest absolute Gasteiger partial charge is 0.385 e. The molecule has 92 valence electrons. The molecule has 2 rings (SSSR count). The molecule has 1 aromatic carbocycles. The minimum Gasteiger partial charge on any atom is -0.385 e. The molecule has 17 heavy (non-hydrogen) atoms. The van der Waals surface area contributed by atoms with Gasteiger partial charge in [0.25, 0.3) is 0 Å². The van der Waals surface area contributed by atoms with Crippen LogP contribution in [-0.4, -0.2) is 24.6 Å². The van der Waals surface area contributed by atoms with E-state index in [1.807, 2.05) is 19.1 Å². The van der Waals surface area contributed by atoms with Gasteiger partial charge < -0.3 is 9.84 Å². The minimum absolute atomic E-state index is 0.193. The van der Waals surface area contributed by atoms with Crippen LogP contribution < -0.4 is 0 Å². The van der Waals surface area contributed by atoms with Gasteiger partial charge >= 0.3 is 0 Å². The Bertz CT molecular complexity index is 392. The third kappa shape index (κ3) is 2.56. The number of carbonyl (C=O) groups is 1. The van der Waals surface area contributed by atoms with E-state index in [1.54, 1.807) is 12.1 Å². The van der Waals surface area contributed by atoms with E-state index >= 15 is 0 Å². The normalized spacial score (nSPS) is 20.8. The summed E-state index contributed by atoms with van der Waals surface area (Å²) in [4.78, 5) is 10.8. The third-order valence-electron chi connectivity index (χ3n) is 3.62. The van der Waals surface area contributed by atoms with Gasteiger partial charge in [-0.15, -0.1) is 0 Å². The summed E-state index contributed by atoms with van der Waals surface area (Å²) in [6, 6.07) is 7.20. The average Bonchev–Trinajstić information content (AvgIpc) is 2.40.